The van der Waals surface area contributed by atoms with E-state index in [0.717, 1.165) is 34.7 Å². The molecule has 1 N–H and O–H groups in total. The molecule has 0 saturated heterocycles. The lowest BCUT2D eigenvalue weighted by Crippen LogP contribution is -2.23. The normalized spacial score (nSPS) is 12.4. The molecule has 2 aromatic rings. The third-order valence-corrected chi connectivity index (χ3v) is 3.67. The van der Waals surface area contributed by atoms with Gasteiger partial charge in [0.15, 0.2) is 0 Å². The topological polar surface area (TPSA) is 24.9 Å². The summed E-state index contributed by atoms with van der Waals surface area (Å²) in [5, 5.41) is 4.38. The lowest BCUT2D eigenvalue weighted by Gasteiger charge is -2.21. The van der Waals surface area contributed by atoms with Crippen LogP contribution in [0.1, 0.15) is 36.1 Å². The van der Waals surface area contributed by atoms with Crippen LogP contribution in [-0.4, -0.2) is 11.5 Å². The molecule has 1 aromatic heterocycles. The summed E-state index contributed by atoms with van der Waals surface area (Å²) in [6, 6.07) is 10.3. The lowest BCUT2D eigenvalue weighted by molar-refractivity contribution is 0.597. The van der Waals surface area contributed by atoms with Crippen molar-refractivity contribution in [1.82, 2.24) is 10.3 Å². The van der Waals surface area contributed by atoms with Gasteiger partial charge in [0.2, 0.25) is 0 Å². The van der Waals surface area contributed by atoms with Gasteiger partial charge in [-0.1, -0.05) is 42.8 Å². The number of hydrogen-bond acceptors (Lipinski definition) is 2. The average molecular weight is 275 g/mol. The van der Waals surface area contributed by atoms with Gasteiger partial charge < -0.3 is 5.32 Å². The van der Waals surface area contributed by atoms with Gasteiger partial charge in [0.1, 0.15) is 0 Å². The lowest BCUT2D eigenvalue weighted by atomic mass is 9.98. The third-order valence-electron chi connectivity index (χ3n) is 3.15. The van der Waals surface area contributed by atoms with E-state index < -0.39 is 0 Å². The van der Waals surface area contributed by atoms with Gasteiger partial charge in [0.25, 0.3) is 0 Å². The van der Waals surface area contributed by atoms with Crippen molar-refractivity contribution in [2.75, 3.05) is 6.54 Å². The third kappa shape index (κ3) is 3.34. The van der Waals surface area contributed by atoms with Crippen molar-refractivity contribution >= 4 is 11.6 Å². The van der Waals surface area contributed by atoms with Gasteiger partial charge in [-0.2, -0.15) is 0 Å². The maximum absolute atomic E-state index is 6.46. The molecule has 2 rings (SSSR count). The molecular weight excluding hydrogens is 256 g/mol. The molecule has 0 amide bonds. The molecule has 1 atom stereocenters. The monoisotopic (exact) mass is 274 g/mol. The van der Waals surface area contributed by atoms with Crippen molar-refractivity contribution in [2.45, 2.75) is 26.3 Å². The summed E-state index contributed by atoms with van der Waals surface area (Å²) in [6.07, 6.45) is 4.77. The number of nitrogens with zero attached hydrogens (tertiary/aromatic N) is 1. The predicted molar refractivity (Wildman–Crippen MR) is 80.6 cm³/mol. The van der Waals surface area contributed by atoms with Crippen molar-refractivity contribution in [1.29, 1.82) is 0 Å². The van der Waals surface area contributed by atoms with Crippen molar-refractivity contribution < 1.29 is 0 Å². The van der Waals surface area contributed by atoms with E-state index in [0.29, 0.717) is 0 Å². The number of aryl methyl sites for hydroxylation is 1. The van der Waals surface area contributed by atoms with Crippen molar-refractivity contribution in [2.24, 2.45) is 0 Å². The van der Waals surface area contributed by atoms with E-state index in [1.165, 1.54) is 0 Å². The van der Waals surface area contributed by atoms with Crippen molar-refractivity contribution in [3.05, 3.63) is 64.4 Å². The molecule has 0 spiro atoms. The van der Waals surface area contributed by atoms with Crippen LogP contribution in [0.25, 0.3) is 0 Å². The smallest absolute Gasteiger partial charge is 0.0606 e. The van der Waals surface area contributed by atoms with Gasteiger partial charge in [-0.25, -0.2) is 0 Å². The minimum Gasteiger partial charge on any atom is -0.306 e. The number of halogens is 1. The van der Waals surface area contributed by atoms with Crippen LogP contribution < -0.4 is 5.32 Å². The first kappa shape index (κ1) is 14.0. The quantitative estimate of drug-likeness (QED) is 0.887. The second-order valence-corrected chi connectivity index (χ2v) is 5.03. The second kappa shape index (κ2) is 6.69. The van der Waals surface area contributed by atoms with Gasteiger partial charge >= 0.3 is 0 Å². The molecule has 1 unspecified atom stereocenters. The molecule has 0 saturated carbocycles. The maximum atomic E-state index is 6.46. The molecule has 100 valence electrons. The van der Waals surface area contributed by atoms with Crippen LogP contribution in [0.15, 0.2) is 42.7 Å². The number of hydrogen-bond donors (Lipinski definition) is 1. The van der Waals surface area contributed by atoms with Crippen LogP contribution in [0.5, 0.6) is 0 Å². The summed E-state index contributed by atoms with van der Waals surface area (Å²) in [5.74, 6) is 0. The van der Waals surface area contributed by atoms with Crippen molar-refractivity contribution in [3.63, 3.8) is 0 Å². The maximum Gasteiger partial charge on any atom is 0.0606 e. The predicted octanol–water partition coefficient (Wildman–Crippen LogP) is 4.13. The zero-order valence-corrected chi connectivity index (χ0v) is 12.1. The summed E-state index contributed by atoms with van der Waals surface area (Å²) in [7, 11) is 0. The number of aromatic nitrogens is 1. The number of rotatable bonds is 5. The zero-order valence-electron chi connectivity index (χ0n) is 11.4. The van der Waals surface area contributed by atoms with E-state index in [4.69, 9.17) is 11.6 Å². The van der Waals surface area contributed by atoms with E-state index in [1.807, 2.05) is 31.3 Å². The highest BCUT2D eigenvalue weighted by Gasteiger charge is 2.17. The number of nitrogens with one attached hydrogen (secondary N) is 1. The highest BCUT2D eigenvalue weighted by atomic mass is 35.5. The number of pyridine rings is 1. The van der Waals surface area contributed by atoms with Crippen LogP contribution in [0.4, 0.5) is 0 Å². The first-order valence-corrected chi connectivity index (χ1v) is 7.00. The molecule has 0 bridgehead atoms. The molecule has 0 aliphatic carbocycles. The Morgan fingerprint density at radius 2 is 2.11 bits per heavy atom. The van der Waals surface area contributed by atoms with Gasteiger partial charge in [-0.15, -0.1) is 0 Å². The molecule has 2 nitrogen and oxygen atoms in total. The van der Waals surface area contributed by atoms with E-state index >= 15 is 0 Å². The van der Waals surface area contributed by atoms with Gasteiger partial charge in [-0.3, -0.25) is 4.98 Å². The van der Waals surface area contributed by atoms with Crippen LogP contribution >= 0.6 is 11.6 Å². The standard InChI is InChI=1S/C16H19ClN2/c1-3-9-19-16(13-7-5-10-18-11-13)14-8-4-6-12(2)15(14)17/h4-8,10-11,16,19H,3,9H2,1-2H3. The summed E-state index contributed by atoms with van der Waals surface area (Å²) >= 11 is 6.46. The first-order chi connectivity index (χ1) is 9.24. The van der Waals surface area contributed by atoms with Crippen LogP contribution in [0, 0.1) is 6.92 Å². The van der Waals surface area contributed by atoms with E-state index in [1.54, 1.807) is 6.20 Å². The summed E-state index contributed by atoms with van der Waals surface area (Å²) < 4.78 is 0. The Morgan fingerprint density at radius 3 is 2.79 bits per heavy atom. The van der Waals surface area contributed by atoms with E-state index in [9.17, 15) is 0 Å². The first-order valence-electron chi connectivity index (χ1n) is 6.62. The largest absolute Gasteiger partial charge is 0.306 e. The van der Waals surface area contributed by atoms with Gasteiger partial charge in [0.05, 0.1) is 6.04 Å². The molecule has 3 heteroatoms. The average Bonchev–Trinajstić information content (AvgIpc) is 2.45. The highest BCUT2D eigenvalue weighted by molar-refractivity contribution is 6.32. The van der Waals surface area contributed by atoms with Crippen LogP contribution in [0.3, 0.4) is 0 Å². The summed E-state index contributed by atoms with van der Waals surface area (Å²) in [5.41, 5.74) is 3.36. The molecule has 1 heterocycles. The van der Waals surface area contributed by atoms with Crippen LogP contribution in [0.2, 0.25) is 5.02 Å². The van der Waals surface area contributed by atoms with Gasteiger partial charge in [-0.05, 0) is 42.6 Å². The van der Waals surface area contributed by atoms with Crippen LogP contribution in [-0.2, 0) is 0 Å². The fourth-order valence-corrected chi connectivity index (χ4v) is 2.37. The molecule has 0 fully saturated rings. The molecule has 0 aliphatic heterocycles. The Morgan fingerprint density at radius 1 is 1.26 bits per heavy atom. The summed E-state index contributed by atoms with van der Waals surface area (Å²) in [4.78, 5) is 4.21. The Kier molecular flexibility index (Phi) is 4.94. The minimum absolute atomic E-state index is 0.0982. The molecule has 19 heavy (non-hydrogen) atoms. The van der Waals surface area contributed by atoms with E-state index in [-0.39, 0.29) is 6.04 Å². The highest BCUT2D eigenvalue weighted by Crippen LogP contribution is 2.30. The fraction of sp³-hybridized carbons (Fsp3) is 0.312. The van der Waals surface area contributed by atoms with Gasteiger partial charge in [0, 0.05) is 17.4 Å². The van der Waals surface area contributed by atoms with E-state index in [2.05, 4.69) is 29.4 Å². The summed E-state index contributed by atoms with van der Waals surface area (Å²) in [6.45, 7) is 5.14. The SMILES string of the molecule is CCCNC(c1cccnc1)c1cccc(C)c1Cl. The minimum atomic E-state index is 0.0982. The molecular formula is C16H19ClN2. The number of benzene rings is 1. The Balaban J connectivity index is 2.40. The molecule has 1 aromatic carbocycles. The Labute approximate surface area is 119 Å². The fourth-order valence-electron chi connectivity index (χ4n) is 2.14. The Hall–Kier alpha value is -1.38. The molecule has 0 aliphatic rings. The second-order valence-electron chi connectivity index (χ2n) is 4.65. The zero-order chi connectivity index (χ0) is 13.7. The Bertz CT molecular complexity index is 526. The molecule has 0 radical (unpaired) electrons. The van der Waals surface area contributed by atoms with Crippen molar-refractivity contribution in [3.8, 4) is 0 Å².